The molecule has 0 bridgehead atoms. The Morgan fingerprint density at radius 2 is 1.52 bits per heavy atom. The normalized spacial score (nSPS) is 10.9. The van der Waals surface area contributed by atoms with E-state index in [1.165, 1.54) is 18.3 Å². The fourth-order valence-corrected chi connectivity index (χ4v) is 3.15. The summed E-state index contributed by atoms with van der Waals surface area (Å²) in [5.74, 6) is -1.20. The van der Waals surface area contributed by atoms with Gasteiger partial charge >= 0.3 is 0 Å². The largest absolute Gasteiger partial charge is 0.277 e. The van der Waals surface area contributed by atoms with Crippen molar-refractivity contribution in [1.29, 1.82) is 0 Å². The molecule has 4 aromatic rings. The van der Waals surface area contributed by atoms with Gasteiger partial charge in [-0.3, -0.25) is 9.59 Å². The van der Waals surface area contributed by atoms with Crippen LogP contribution >= 0.6 is 0 Å². The third-order valence-corrected chi connectivity index (χ3v) is 4.59. The number of aromatic nitrogens is 2. The molecule has 0 fully saturated rings. The van der Waals surface area contributed by atoms with Gasteiger partial charge in [0, 0.05) is 16.7 Å². The average molecular weight is 412 g/mol. The van der Waals surface area contributed by atoms with Gasteiger partial charge in [0.2, 0.25) is 0 Å². The van der Waals surface area contributed by atoms with E-state index in [2.05, 4.69) is 20.7 Å². The molecule has 0 aliphatic rings. The van der Waals surface area contributed by atoms with Gasteiger partial charge in [0.15, 0.2) is 0 Å². The molecule has 1 aromatic heterocycles. The number of hydrogen-bond acceptors (Lipinski definition) is 4. The topological polar surface area (TPSA) is 87.2 Å². The number of hydrazone groups is 1. The van der Waals surface area contributed by atoms with Crippen molar-refractivity contribution in [1.82, 2.24) is 15.6 Å². The van der Waals surface area contributed by atoms with Crippen molar-refractivity contribution < 1.29 is 9.18 Å². The zero-order valence-corrected chi connectivity index (χ0v) is 16.2. The molecule has 1 amide bonds. The number of carbonyl (C=O) groups is 1. The van der Waals surface area contributed by atoms with Crippen LogP contribution < -0.4 is 11.0 Å². The molecule has 6 nitrogen and oxygen atoms in total. The van der Waals surface area contributed by atoms with Crippen molar-refractivity contribution in [2.45, 2.75) is 0 Å². The Morgan fingerprint density at radius 3 is 2.19 bits per heavy atom. The lowest BCUT2D eigenvalue weighted by Crippen LogP contribution is -2.28. The molecule has 0 aliphatic heterocycles. The quantitative estimate of drug-likeness (QED) is 0.384. The summed E-state index contributed by atoms with van der Waals surface area (Å²) in [7, 11) is 0. The van der Waals surface area contributed by atoms with Crippen LogP contribution in [0.5, 0.6) is 0 Å². The number of aromatic amines is 1. The first-order chi connectivity index (χ1) is 15.1. The van der Waals surface area contributed by atoms with Crippen molar-refractivity contribution in [2.75, 3.05) is 0 Å². The molecule has 152 valence electrons. The maximum Gasteiger partial charge on any atom is 0.277 e. The van der Waals surface area contributed by atoms with Crippen molar-refractivity contribution >= 4 is 12.1 Å². The molecule has 0 unspecified atom stereocenters. The number of rotatable bonds is 5. The first kappa shape index (κ1) is 19.9. The van der Waals surface area contributed by atoms with Gasteiger partial charge in [-0.2, -0.15) is 10.2 Å². The van der Waals surface area contributed by atoms with Gasteiger partial charge in [-0.05, 0) is 11.6 Å². The molecule has 0 spiro atoms. The van der Waals surface area contributed by atoms with Crippen LogP contribution in [0.25, 0.3) is 22.4 Å². The molecule has 2 N–H and O–H groups in total. The highest BCUT2D eigenvalue weighted by Crippen LogP contribution is 2.31. The lowest BCUT2D eigenvalue weighted by Gasteiger charge is -2.12. The Bertz CT molecular complexity index is 1300. The number of nitrogens with zero attached hydrogens (tertiary/aromatic N) is 2. The molecule has 1 heterocycles. The van der Waals surface area contributed by atoms with Crippen LogP contribution in [-0.4, -0.2) is 22.3 Å². The minimum atomic E-state index is -0.729. The molecule has 0 aliphatic carbocycles. The van der Waals surface area contributed by atoms with Crippen molar-refractivity contribution in [3.63, 3.8) is 0 Å². The zero-order chi connectivity index (χ0) is 21.6. The smallest absolute Gasteiger partial charge is 0.267 e. The van der Waals surface area contributed by atoms with E-state index in [1.54, 1.807) is 24.3 Å². The van der Waals surface area contributed by atoms with E-state index in [0.29, 0.717) is 16.8 Å². The molecule has 0 radical (unpaired) electrons. The molecule has 0 saturated heterocycles. The van der Waals surface area contributed by atoms with Gasteiger partial charge in [-0.1, -0.05) is 78.9 Å². The van der Waals surface area contributed by atoms with Crippen LogP contribution in [0.3, 0.4) is 0 Å². The second-order valence-electron chi connectivity index (χ2n) is 6.60. The maximum atomic E-state index is 13.8. The predicted molar refractivity (Wildman–Crippen MR) is 117 cm³/mol. The van der Waals surface area contributed by atoms with Gasteiger partial charge in [0.05, 0.1) is 11.9 Å². The molecule has 3 aromatic carbocycles. The number of carbonyl (C=O) groups excluding carboxylic acids is 1. The SMILES string of the molecule is O=C(N/N=C/c1ccccc1F)c1c(-c2ccccc2)c(-c2ccccc2)n[nH]c1=O. The average Bonchev–Trinajstić information content (AvgIpc) is 2.81. The minimum Gasteiger partial charge on any atom is -0.267 e. The Balaban J connectivity index is 1.79. The molecule has 7 heteroatoms. The number of nitrogens with one attached hydrogen (secondary N) is 2. The number of halogens is 1. The molecule has 0 atom stereocenters. The Kier molecular flexibility index (Phi) is 5.75. The zero-order valence-electron chi connectivity index (χ0n) is 16.2. The second kappa shape index (κ2) is 8.96. The van der Waals surface area contributed by atoms with E-state index >= 15 is 0 Å². The second-order valence-corrected chi connectivity index (χ2v) is 6.60. The van der Waals surface area contributed by atoms with Crippen LogP contribution in [0.1, 0.15) is 15.9 Å². The Labute approximate surface area is 177 Å². The number of amides is 1. The highest BCUT2D eigenvalue weighted by Gasteiger charge is 2.22. The molecule has 31 heavy (non-hydrogen) atoms. The molecular formula is C24H17FN4O2. The van der Waals surface area contributed by atoms with Crippen LogP contribution in [0.4, 0.5) is 4.39 Å². The van der Waals surface area contributed by atoms with Crippen molar-refractivity contribution in [3.8, 4) is 22.4 Å². The number of H-pyrrole nitrogens is 1. The summed E-state index contributed by atoms with van der Waals surface area (Å²) >= 11 is 0. The summed E-state index contributed by atoms with van der Waals surface area (Å²) in [5, 5.41) is 10.4. The Hall–Kier alpha value is -4.39. The fraction of sp³-hybridized carbons (Fsp3) is 0. The first-order valence-electron chi connectivity index (χ1n) is 9.46. The van der Waals surface area contributed by atoms with E-state index in [1.807, 2.05) is 48.5 Å². The first-order valence-corrected chi connectivity index (χ1v) is 9.46. The number of hydrogen-bond donors (Lipinski definition) is 2. The Morgan fingerprint density at radius 1 is 0.903 bits per heavy atom. The summed E-state index contributed by atoms with van der Waals surface area (Å²) in [6, 6.07) is 24.3. The summed E-state index contributed by atoms with van der Waals surface area (Å²) < 4.78 is 13.8. The van der Waals surface area contributed by atoms with Gasteiger partial charge in [0.1, 0.15) is 11.4 Å². The lowest BCUT2D eigenvalue weighted by molar-refractivity contribution is 0.0954. The van der Waals surface area contributed by atoms with E-state index < -0.39 is 17.3 Å². The van der Waals surface area contributed by atoms with Gasteiger partial charge in [-0.25, -0.2) is 14.9 Å². The van der Waals surface area contributed by atoms with E-state index in [0.717, 1.165) is 5.56 Å². The fourth-order valence-electron chi connectivity index (χ4n) is 3.15. The van der Waals surface area contributed by atoms with Crippen LogP contribution in [0, 0.1) is 5.82 Å². The highest BCUT2D eigenvalue weighted by molar-refractivity contribution is 6.03. The lowest BCUT2D eigenvalue weighted by atomic mass is 9.95. The molecule has 0 saturated carbocycles. The highest BCUT2D eigenvalue weighted by atomic mass is 19.1. The third-order valence-electron chi connectivity index (χ3n) is 4.59. The van der Waals surface area contributed by atoms with Crippen LogP contribution in [0.2, 0.25) is 0 Å². The summed E-state index contributed by atoms with van der Waals surface area (Å²) in [6.45, 7) is 0. The van der Waals surface area contributed by atoms with Crippen molar-refractivity contribution in [2.24, 2.45) is 5.10 Å². The van der Waals surface area contributed by atoms with E-state index in [4.69, 9.17) is 0 Å². The maximum absolute atomic E-state index is 13.8. The molecule has 4 rings (SSSR count). The van der Waals surface area contributed by atoms with Gasteiger partial charge in [0.25, 0.3) is 11.5 Å². The summed E-state index contributed by atoms with van der Waals surface area (Å²) in [4.78, 5) is 25.6. The molecular weight excluding hydrogens is 395 g/mol. The summed E-state index contributed by atoms with van der Waals surface area (Å²) in [6.07, 6.45) is 1.18. The van der Waals surface area contributed by atoms with E-state index in [-0.39, 0.29) is 11.1 Å². The van der Waals surface area contributed by atoms with Crippen molar-refractivity contribution in [3.05, 3.63) is 112 Å². The van der Waals surface area contributed by atoms with Crippen LogP contribution in [-0.2, 0) is 0 Å². The number of benzene rings is 3. The third kappa shape index (κ3) is 4.30. The predicted octanol–water partition coefficient (Wildman–Crippen LogP) is 4.01. The van der Waals surface area contributed by atoms with Gasteiger partial charge in [-0.15, -0.1) is 0 Å². The standard InChI is InChI=1S/C24H17FN4O2/c25-19-14-8-7-13-18(19)15-26-28-23(30)21-20(16-9-3-1-4-10-16)22(27-29-24(21)31)17-11-5-2-6-12-17/h1-15H,(H,28,30)(H,29,31)/b26-15+. The monoisotopic (exact) mass is 412 g/mol. The minimum absolute atomic E-state index is 0.134. The van der Waals surface area contributed by atoms with Crippen LogP contribution in [0.15, 0.2) is 94.8 Å². The van der Waals surface area contributed by atoms with E-state index in [9.17, 15) is 14.0 Å². The summed E-state index contributed by atoms with van der Waals surface area (Å²) in [5.41, 5.74) is 3.97. The van der Waals surface area contributed by atoms with Gasteiger partial charge < -0.3 is 0 Å².